The van der Waals surface area contributed by atoms with Gasteiger partial charge in [0, 0.05) is 5.41 Å². The van der Waals surface area contributed by atoms with E-state index in [9.17, 15) is 45.6 Å². The fourth-order valence-corrected chi connectivity index (χ4v) is 17.6. The van der Waals surface area contributed by atoms with Crippen molar-refractivity contribution in [1.29, 1.82) is 0 Å². The maximum absolute atomic E-state index is 12.7. The van der Waals surface area contributed by atoms with Gasteiger partial charge in [-0.2, -0.15) is 13.2 Å². The molecule has 4 bridgehead atoms. The number of aliphatic hydroxyl groups excluding tert-OH is 1. The minimum absolute atomic E-state index is 0. The van der Waals surface area contributed by atoms with E-state index in [0.29, 0.717) is 38.4 Å². The average molecular weight is 1130 g/mol. The van der Waals surface area contributed by atoms with E-state index < -0.39 is 65.9 Å². The van der Waals surface area contributed by atoms with Crippen LogP contribution in [-0.4, -0.2) is 97.5 Å². The molecule has 1 N–H and O–H groups in total. The van der Waals surface area contributed by atoms with E-state index in [-0.39, 0.29) is 103 Å². The van der Waals surface area contributed by atoms with E-state index in [1.165, 1.54) is 19.3 Å². The van der Waals surface area contributed by atoms with Crippen molar-refractivity contribution in [2.45, 2.75) is 236 Å². The number of amides is 1. The average Bonchev–Trinajstić information content (AvgIpc) is 3.27. The van der Waals surface area contributed by atoms with Crippen molar-refractivity contribution in [2.24, 2.45) is 45.3 Å². The van der Waals surface area contributed by atoms with Gasteiger partial charge < -0.3 is 37.7 Å². The molecule has 0 aromatic heterocycles. The minimum Gasteiger partial charge on any atom is -0.538 e. The van der Waals surface area contributed by atoms with Gasteiger partial charge in [0.25, 0.3) is 0 Å². The maximum Gasteiger partial charge on any atom is 1.00 e. The molecule has 4 saturated carbocycles. The summed E-state index contributed by atoms with van der Waals surface area (Å²) >= 11 is 0. The van der Waals surface area contributed by atoms with Crippen LogP contribution in [0.5, 0.6) is 0 Å². The van der Waals surface area contributed by atoms with Gasteiger partial charge in [0.15, 0.2) is 26.7 Å². The van der Waals surface area contributed by atoms with Gasteiger partial charge in [-0.05, 0) is 175 Å². The molecule has 0 aromatic rings. The minimum atomic E-state index is -5.89. The first kappa shape index (κ1) is 74.5. The Labute approximate surface area is 469 Å². The van der Waals surface area contributed by atoms with Gasteiger partial charge in [0.05, 0.1) is 47.9 Å². The fourth-order valence-electron chi connectivity index (χ4n) is 9.05. The van der Waals surface area contributed by atoms with Crippen LogP contribution in [0.4, 0.5) is 13.2 Å². The quantitative estimate of drug-likeness (QED) is 0.0392. The summed E-state index contributed by atoms with van der Waals surface area (Å²) in [6.07, 6.45) is 11.1. The van der Waals surface area contributed by atoms with Crippen molar-refractivity contribution in [1.82, 2.24) is 0 Å². The number of hydrogen-bond donors (Lipinski definition) is 1. The molecule has 4 fully saturated rings. The monoisotopic (exact) mass is 1130 g/mol. The topological polar surface area (TPSA) is 200 Å². The third-order valence-electron chi connectivity index (χ3n) is 14.7. The predicted octanol–water partition coefficient (Wildman–Crippen LogP) is 10.2. The van der Waals surface area contributed by atoms with Crippen molar-refractivity contribution in [2.75, 3.05) is 26.4 Å². The molecule has 0 saturated heterocycles. The number of sulfonamides is 1. The van der Waals surface area contributed by atoms with Crippen LogP contribution in [0.3, 0.4) is 0 Å². The van der Waals surface area contributed by atoms with Crippen molar-refractivity contribution < 1.29 is 103 Å². The number of carbonyl (C=O) groups is 5. The Morgan fingerprint density at radius 2 is 1.19 bits per heavy atom. The predicted molar refractivity (Wildman–Crippen MR) is 286 cm³/mol. The molecule has 4 unspecified atom stereocenters. The zero-order valence-electron chi connectivity index (χ0n) is 49.3. The number of halogens is 3. The van der Waals surface area contributed by atoms with Crippen molar-refractivity contribution in [3.05, 3.63) is 4.72 Å². The Kier molecular flexibility index (Phi) is 32.1. The van der Waals surface area contributed by atoms with Crippen LogP contribution in [0.15, 0.2) is 0 Å². The fraction of sp³-hybridized carbons (Fsp3) is 0.906. The molecule has 0 radical (unpaired) electrons. The van der Waals surface area contributed by atoms with E-state index in [1.807, 2.05) is 62.3 Å². The second-order valence-electron chi connectivity index (χ2n) is 24.3. The Balaban J connectivity index is 0. The van der Waals surface area contributed by atoms with Gasteiger partial charge in [-0.15, -0.1) is 0 Å². The van der Waals surface area contributed by atoms with Crippen LogP contribution in [0.1, 0.15) is 186 Å². The summed E-state index contributed by atoms with van der Waals surface area (Å²) in [6, 6.07) is 1.05. The van der Waals surface area contributed by atoms with E-state index in [4.69, 9.17) is 28.2 Å². The van der Waals surface area contributed by atoms with E-state index in [2.05, 4.69) is 51.3 Å². The Bertz CT molecular complexity index is 1840. The Morgan fingerprint density at radius 3 is 1.59 bits per heavy atom. The molecule has 14 nitrogen and oxygen atoms in total. The first-order chi connectivity index (χ1) is 33.2. The zero-order chi connectivity index (χ0) is 57.1. The van der Waals surface area contributed by atoms with Crippen LogP contribution in [0.2, 0.25) is 38.8 Å². The molecule has 4 rings (SSSR count). The number of esters is 4. The number of alkyl halides is 3. The van der Waals surface area contributed by atoms with E-state index >= 15 is 0 Å². The van der Waals surface area contributed by atoms with Gasteiger partial charge >= 0.3 is 58.9 Å². The number of nitrogens with zero attached hydrogens (tertiary/aromatic N) is 1. The molecule has 0 aromatic carbocycles. The van der Waals surface area contributed by atoms with E-state index in [1.54, 1.807) is 13.8 Å². The smallest absolute Gasteiger partial charge is 0.538 e. The second kappa shape index (κ2) is 31.9. The molecule has 74 heavy (non-hydrogen) atoms. The number of ether oxygens (including phenoxy) is 4. The molecule has 0 aliphatic heterocycles. The van der Waals surface area contributed by atoms with Crippen molar-refractivity contribution >= 4 is 56.4 Å². The van der Waals surface area contributed by atoms with Gasteiger partial charge in [0.2, 0.25) is 0 Å². The normalized spacial score (nSPS) is 21.3. The molecule has 430 valence electrons. The van der Waals surface area contributed by atoms with Crippen LogP contribution in [-0.2, 0) is 57.1 Å². The number of hydrogen-bond acceptors (Lipinski definition) is 13. The molecule has 21 heteroatoms. The second-order valence-corrected chi connectivity index (χ2v) is 34.9. The summed E-state index contributed by atoms with van der Waals surface area (Å²) in [7, 11) is -8.94. The Hall–Kier alpha value is -1.56. The van der Waals surface area contributed by atoms with Crippen molar-refractivity contribution in [3.8, 4) is 0 Å². The Morgan fingerprint density at radius 1 is 0.716 bits per heavy atom. The SMILES string of the molecule is CCC(C)(C)C(=O)OC12CC3CC(C1)CC(C(=O)[N-]S(=O)(=O)C(F)(F)F)(C3)C2.CCC(C)(C)C(=O)OCCC[Si](C)(C)O[Si](C)(C)C.CCC(C)(C)C(=O)OCCO.CCCCC(CC)COC(=O)C(C)CC.[Na+]. The van der Waals surface area contributed by atoms with Crippen molar-refractivity contribution in [3.63, 3.8) is 0 Å². The van der Waals surface area contributed by atoms with Gasteiger partial charge in [-0.3, -0.25) is 19.2 Å². The summed E-state index contributed by atoms with van der Waals surface area (Å²) in [5.41, 5.74) is -9.35. The number of unbranched alkanes of at least 4 members (excludes halogenated alkanes) is 1. The van der Waals surface area contributed by atoms with E-state index in [0.717, 1.165) is 44.6 Å². The van der Waals surface area contributed by atoms with Crippen LogP contribution in [0, 0.1) is 45.3 Å². The largest absolute Gasteiger partial charge is 1.00 e. The molecule has 4 aliphatic rings. The molecule has 4 aliphatic carbocycles. The molecule has 0 heterocycles. The summed E-state index contributed by atoms with van der Waals surface area (Å²) in [5.74, 6) is -1.40. The molecular formula is C53H99F3NNaO13SSi2. The number of rotatable bonds is 25. The summed E-state index contributed by atoms with van der Waals surface area (Å²) in [4.78, 5) is 59.7. The van der Waals surface area contributed by atoms with Gasteiger partial charge in [-0.1, -0.05) is 67.7 Å². The van der Waals surface area contributed by atoms with Crippen LogP contribution in [0.25, 0.3) is 4.72 Å². The standard InChI is InChI=1S/C18H26F3NO5S.C14H32O3Si2.C13H26O2.C8H16O3.Na/c1-4-15(2,3)14(24)27-17-8-11-5-12(9-17)7-16(6-11,10-17)13(23)22-28(25,26)18(19,20)21;1-9-14(2,3)13(15)16-11-10-12-19(7,8)17-18(4,5)6;1-5-8-9-12(7-3)10-15-13(14)11(4)6-2;1-4-8(2,3)7(10)11-6-5-9;/h11-12H,4-10H2,1-3H3,(H,22,23);9-12H2,1-8H3;11-12H,5-10H2,1-4H3;9H,4-6H2,1-3H3;/q;;;;+1/p-1. The molecule has 1 amide bonds. The molecule has 0 spiro atoms. The van der Waals surface area contributed by atoms with Crippen LogP contribution >= 0.6 is 0 Å². The third kappa shape index (κ3) is 25.5. The van der Waals surface area contributed by atoms with Crippen LogP contribution < -0.4 is 29.6 Å². The summed E-state index contributed by atoms with van der Waals surface area (Å²) in [5, 5.41) is 8.38. The van der Waals surface area contributed by atoms with Gasteiger partial charge in [-0.25, -0.2) is 8.42 Å². The molecule has 4 atom stereocenters. The first-order valence-corrected chi connectivity index (χ1v) is 34.8. The third-order valence-corrected chi connectivity index (χ3v) is 21.9. The maximum atomic E-state index is 12.7. The van der Waals surface area contributed by atoms with Gasteiger partial charge in [0.1, 0.15) is 12.2 Å². The number of carbonyl (C=O) groups excluding carboxylic acids is 5. The summed E-state index contributed by atoms with van der Waals surface area (Å²) < 4.78 is 91.0. The zero-order valence-corrected chi connectivity index (χ0v) is 54.1. The first-order valence-electron chi connectivity index (χ1n) is 26.9. The molecular weight excluding hydrogens is 1030 g/mol. The number of aliphatic hydroxyl groups is 1. The summed E-state index contributed by atoms with van der Waals surface area (Å²) in [6.45, 7) is 37.4.